The molecule has 2 N–H and O–H groups in total. The highest BCUT2D eigenvalue weighted by Crippen LogP contribution is 2.52. The second-order valence-electron chi connectivity index (χ2n) is 10.2. The number of nitrogens with zero attached hydrogens (tertiary/aromatic N) is 4. The minimum Gasteiger partial charge on any atom is -0.444 e. The van der Waals surface area contributed by atoms with Crippen LogP contribution in [0.5, 0.6) is 0 Å². The van der Waals surface area contributed by atoms with Crippen LogP contribution in [0.15, 0.2) is 39.7 Å². The van der Waals surface area contributed by atoms with E-state index in [9.17, 15) is 9.59 Å². The average molecular weight is 545 g/mol. The SMILES string of the molecule is CC1=C(C)C2C(c3ccc(Cl)cc3)=N[C@@H](CC(=O)NCCNC(=O)OC(C)(C)C)c3nnc(C)n3C2S1. The molecule has 2 amide bonds. The van der Waals surface area contributed by atoms with Crippen LogP contribution >= 0.6 is 23.4 Å². The Morgan fingerprint density at radius 1 is 1.08 bits per heavy atom. The molecule has 2 aromatic rings. The zero-order valence-corrected chi connectivity index (χ0v) is 23.5. The summed E-state index contributed by atoms with van der Waals surface area (Å²) < 4.78 is 7.35. The lowest BCUT2D eigenvalue weighted by Crippen LogP contribution is -2.38. The van der Waals surface area contributed by atoms with Gasteiger partial charge in [0.05, 0.1) is 23.4 Å². The summed E-state index contributed by atoms with van der Waals surface area (Å²) >= 11 is 7.95. The molecule has 0 saturated carbocycles. The minimum absolute atomic E-state index is 0.0190. The maximum Gasteiger partial charge on any atom is 0.407 e. The molecular weight excluding hydrogens is 512 g/mol. The van der Waals surface area contributed by atoms with Gasteiger partial charge in [-0.25, -0.2) is 4.79 Å². The van der Waals surface area contributed by atoms with E-state index in [0.29, 0.717) is 10.8 Å². The summed E-state index contributed by atoms with van der Waals surface area (Å²) in [5.41, 5.74) is 2.56. The Morgan fingerprint density at radius 2 is 1.76 bits per heavy atom. The molecule has 2 aliphatic rings. The van der Waals surface area contributed by atoms with Crippen molar-refractivity contribution in [3.63, 3.8) is 0 Å². The maximum absolute atomic E-state index is 13.0. The van der Waals surface area contributed by atoms with Crippen LogP contribution in [0.25, 0.3) is 0 Å². The van der Waals surface area contributed by atoms with Gasteiger partial charge in [0.15, 0.2) is 5.82 Å². The second kappa shape index (κ2) is 10.9. The Morgan fingerprint density at radius 3 is 2.43 bits per heavy atom. The highest BCUT2D eigenvalue weighted by atomic mass is 35.5. The Balaban J connectivity index is 1.56. The Labute approximate surface area is 226 Å². The lowest BCUT2D eigenvalue weighted by molar-refractivity contribution is -0.121. The van der Waals surface area contributed by atoms with Gasteiger partial charge in [-0.15, -0.1) is 22.0 Å². The van der Waals surface area contributed by atoms with E-state index in [2.05, 4.69) is 39.2 Å². The van der Waals surface area contributed by atoms with Crippen LogP contribution in [-0.2, 0) is 9.53 Å². The Bertz CT molecular complexity index is 1250. The molecule has 0 fully saturated rings. The van der Waals surface area contributed by atoms with Crippen LogP contribution in [-0.4, -0.2) is 51.2 Å². The zero-order chi connectivity index (χ0) is 26.9. The van der Waals surface area contributed by atoms with E-state index in [1.165, 1.54) is 10.5 Å². The molecule has 0 aliphatic carbocycles. The molecule has 9 nitrogen and oxygen atoms in total. The summed E-state index contributed by atoms with van der Waals surface area (Å²) in [5.74, 6) is 1.30. The number of carbonyl (C=O) groups excluding carboxylic acids is 2. The number of carbonyl (C=O) groups is 2. The van der Waals surface area contributed by atoms with Crippen molar-refractivity contribution < 1.29 is 14.3 Å². The predicted octanol–water partition coefficient (Wildman–Crippen LogP) is 4.97. The normalized spacial score (nSPS) is 21.1. The molecule has 1 aromatic heterocycles. The molecule has 11 heteroatoms. The van der Waals surface area contributed by atoms with Gasteiger partial charge in [-0.1, -0.05) is 29.3 Å². The lowest BCUT2D eigenvalue weighted by Gasteiger charge is -2.23. The molecule has 3 atom stereocenters. The van der Waals surface area contributed by atoms with Crippen molar-refractivity contribution in [2.24, 2.45) is 10.9 Å². The van der Waals surface area contributed by atoms with E-state index in [1.807, 2.05) is 31.2 Å². The first kappa shape index (κ1) is 27.2. The maximum atomic E-state index is 13.0. The number of halogens is 1. The number of fused-ring (bicyclic) bond motifs is 3. The van der Waals surface area contributed by atoms with Crippen LogP contribution in [0.2, 0.25) is 5.02 Å². The number of rotatable bonds is 6. The van der Waals surface area contributed by atoms with E-state index >= 15 is 0 Å². The third-order valence-electron chi connectivity index (χ3n) is 6.27. The van der Waals surface area contributed by atoms with E-state index in [1.54, 1.807) is 32.5 Å². The van der Waals surface area contributed by atoms with Crippen molar-refractivity contribution in [3.05, 3.63) is 57.0 Å². The van der Waals surface area contributed by atoms with Gasteiger partial charge in [-0.2, -0.15) is 0 Å². The summed E-state index contributed by atoms with van der Waals surface area (Å²) in [4.78, 5) is 31.2. The number of alkyl carbamates (subject to hydrolysis) is 1. The number of aromatic nitrogens is 3. The molecular formula is C26H33ClN6O3S. The molecule has 0 radical (unpaired) electrons. The quantitative estimate of drug-likeness (QED) is 0.497. The monoisotopic (exact) mass is 544 g/mol. The minimum atomic E-state index is -0.580. The number of hydrogen-bond donors (Lipinski definition) is 2. The summed E-state index contributed by atoms with van der Waals surface area (Å²) in [5, 5.41) is 15.0. The first-order valence-electron chi connectivity index (χ1n) is 12.3. The third kappa shape index (κ3) is 6.18. The molecule has 37 heavy (non-hydrogen) atoms. The smallest absolute Gasteiger partial charge is 0.407 e. The third-order valence-corrected chi connectivity index (χ3v) is 7.93. The van der Waals surface area contributed by atoms with E-state index < -0.39 is 17.7 Å². The van der Waals surface area contributed by atoms with E-state index in [-0.39, 0.29) is 36.7 Å². The summed E-state index contributed by atoms with van der Waals surface area (Å²) in [7, 11) is 0. The fourth-order valence-electron chi connectivity index (χ4n) is 4.49. The number of ether oxygens (including phenoxy) is 1. The number of aryl methyl sites for hydroxylation is 1. The van der Waals surface area contributed by atoms with Crippen molar-refractivity contribution in [2.45, 2.75) is 65.0 Å². The first-order valence-corrected chi connectivity index (χ1v) is 13.5. The van der Waals surface area contributed by atoms with Gasteiger partial charge < -0.3 is 15.4 Å². The van der Waals surface area contributed by atoms with Gasteiger partial charge >= 0.3 is 6.09 Å². The van der Waals surface area contributed by atoms with Gasteiger partial charge in [0.1, 0.15) is 17.5 Å². The van der Waals surface area contributed by atoms with Crippen LogP contribution < -0.4 is 10.6 Å². The summed E-state index contributed by atoms with van der Waals surface area (Å²) in [6, 6.07) is 7.16. The molecule has 0 saturated heterocycles. The van der Waals surface area contributed by atoms with Crippen LogP contribution in [0.1, 0.15) is 69.7 Å². The molecule has 2 unspecified atom stereocenters. The van der Waals surface area contributed by atoms with Gasteiger partial charge in [-0.05, 0) is 64.1 Å². The zero-order valence-electron chi connectivity index (χ0n) is 22.0. The van der Waals surface area contributed by atoms with Crippen molar-refractivity contribution in [1.82, 2.24) is 25.4 Å². The number of hydrogen-bond acceptors (Lipinski definition) is 7. The number of aliphatic imine (C=N–C) groups is 1. The van der Waals surface area contributed by atoms with E-state index in [4.69, 9.17) is 21.3 Å². The van der Waals surface area contributed by atoms with Gasteiger partial charge in [0.2, 0.25) is 5.91 Å². The fraction of sp³-hybridized carbons (Fsp3) is 0.500. The van der Waals surface area contributed by atoms with Crippen molar-refractivity contribution in [2.75, 3.05) is 13.1 Å². The van der Waals surface area contributed by atoms with Gasteiger partial charge in [0.25, 0.3) is 0 Å². The number of thioether (sulfide) groups is 1. The molecule has 0 bridgehead atoms. The van der Waals surface area contributed by atoms with E-state index in [0.717, 1.165) is 17.1 Å². The molecule has 3 heterocycles. The highest BCUT2D eigenvalue weighted by molar-refractivity contribution is 8.03. The van der Waals surface area contributed by atoms with Crippen LogP contribution in [0, 0.1) is 12.8 Å². The average Bonchev–Trinajstić information content (AvgIpc) is 3.28. The topological polar surface area (TPSA) is 110 Å². The number of benzene rings is 1. The molecule has 4 rings (SSSR count). The van der Waals surface area contributed by atoms with Gasteiger partial charge in [-0.3, -0.25) is 14.4 Å². The summed E-state index contributed by atoms with van der Waals surface area (Å²) in [6.07, 6.45) is -0.415. The second-order valence-corrected chi connectivity index (χ2v) is 12.0. The van der Waals surface area contributed by atoms with Gasteiger partial charge in [0, 0.05) is 18.1 Å². The number of allylic oxidation sites excluding steroid dienone is 2. The molecule has 1 aromatic carbocycles. The molecule has 198 valence electrons. The largest absolute Gasteiger partial charge is 0.444 e. The highest BCUT2D eigenvalue weighted by Gasteiger charge is 2.42. The number of amides is 2. The fourth-order valence-corrected chi connectivity index (χ4v) is 6.13. The lowest BCUT2D eigenvalue weighted by atomic mass is 9.90. The Kier molecular flexibility index (Phi) is 7.99. The van der Waals surface area contributed by atoms with Crippen molar-refractivity contribution in [1.29, 1.82) is 0 Å². The Hall–Kier alpha value is -2.85. The standard InChI is InChI=1S/C26H33ClN6O3S/c1-14-15(2)37-24-21(14)22(17-7-9-18(27)10-8-17)30-19(23-32-31-16(3)33(23)24)13-20(34)28-11-12-29-25(35)36-26(4,5)6/h7-10,19,21,24H,11-13H2,1-6H3,(H,28,34)(H,29,35)/t19-,21?,24?/m0/s1. The van der Waals surface area contributed by atoms with Crippen LogP contribution in [0.3, 0.4) is 0 Å². The predicted molar refractivity (Wildman–Crippen MR) is 146 cm³/mol. The molecule has 2 aliphatic heterocycles. The summed E-state index contributed by atoms with van der Waals surface area (Å²) in [6.45, 7) is 12.1. The first-order chi connectivity index (χ1) is 17.4. The van der Waals surface area contributed by atoms with Crippen LogP contribution in [0.4, 0.5) is 4.79 Å². The van der Waals surface area contributed by atoms with Crippen molar-refractivity contribution >= 4 is 41.1 Å². The number of nitrogens with one attached hydrogen (secondary N) is 2. The molecule has 0 spiro atoms. The van der Waals surface area contributed by atoms with Crippen molar-refractivity contribution in [3.8, 4) is 0 Å².